The van der Waals surface area contributed by atoms with Gasteiger partial charge in [-0.15, -0.1) is 0 Å². The Balaban J connectivity index is 2.58. The number of benzene rings is 1. The van der Waals surface area contributed by atoms with Crippen LogP contribution in [-0.2, 0) is 16.0 Å². The van der Waals surface area contributed by atoms with Gasteiger partial charge in [0.15, 0.2) is 5.94 Å². The summed E-state index contributed by atoms with van der Waals surface area (Å²) in [5.41, 5.74) is 2.06. The number of hydrogen-bond acceptors (Lipinski definition) is 2. The molecule has 1 aliphatic heterocycles. The Morgan fingerprint density at radius 2 is 2.17 bits per heavy atom. The Hall–Kier alpha value is -1.53. The van der Waals surface area contributed by atoms with E-state index >= 15 is 0 Å². The molecule has 2 nitrogen and oxygen atoms in total. The summed E-state index contributed by atoms with van der Waals surface area (Å²) in [6.07, 6.45) is 0.876. The summed E-state index contributed by atoms with van der Waals surface area (Å²) in [6.45, 7) is 0.585. The lowest BCUT2D eigenvalue weighted by Crippen LogP contribution is -2.08. The molecule has 0 unspecified atom stereocenters. The first kappa shape index (κ1) is 7.14. The number of rotatable bonds is 0. The molecule has 2 rings (SSSR count). The lowest BCUT2D eigenvalue weighted by Gasteiger charge is -2.16. The van der Waals surface area contributed by atoms with E-state index in [2.05, 4.69) is 0 Å². The molecule has 12 heavy (non-hydrogen) atoms. The van der Waals surface area contributed by atoms with Gasteiger partial charge in [0, 0.05) is 12.0 Å². The van der Waals surface area contributed by atoms with Crippen LogP contribution >= 0.6 is 0 Å². The second-order valence-corrected chi connectivity index (χ2v) is 2.69. The summed E-state index contributed by atoms with van der Waals surface area (Å²) in [6, 6.07) is 7.75. The van der Waals surface area contributed by atoms with Crippen LogP contribution in [0.2, 0.25) is 0 Å². The van der Waals surface area contributed by atoms with Crippen molar-refractivity contribution in [3.05, 3.63) is 35.4 Å². The van der Waals surface area contributed by atoms with Crippen LogP contribution in [0.5, 0.6) is 0 Å². The molecule has 0 saturated carbocycles. The van der Waals surface area contributed by atoms with Crippen molar-refractivity contribution in [2.75, 3.05) is 6.61 Å². The van der Waals surface area contributed by atoms with Crippen LogP contribution < -0.4 is 0 Å². The summed E-state index contributed by atoms with van der Waals surface area (Å²) < 4.78 is 5.15. The molecule has 0 radical (unpaired) electrons. The first-order chi connectivity index (χ1) is 5.92. The molecule has 2 heteroatoms. The van der Waals surface area contributed by atoms with Gasteiger partial charge in [0.05, 0.1) is 6.61 Å². The highest BCUT2D eigenvalue weighted by molar-refractivity contribution is 5.85. The summed E-state index contributed by atoms with van der Waals surface area (Å²) in [4.78, 5) is 10.4. The number of hydrogen-bond donors (Lipinski definition) is 0. The fourth-order valence-corrected chi connectivity index (χ4v) is 1.39. The first-order valence-corrected chi connectivity index (χ1v) is 3.88. The van der Waals surface area contributed by atoms with Crippen LogP contribution in [0.1, 0.15) is 11.1 Å². The van der Waals surface area contributed by atoms with Gasteiger partial charge in [0.1, 0.15) is 0 Å². The maximum atomic E-state index is 10.4. The third-order valence-corrected chi connectivity index (χ3v) is 1.97. The molecule has 60 valence electrons. The van der Waals surface area contributed by atoms with Gasteiger partial charge in [-0.25, -0.2) is 4.79 Å². The molecule has 0 amide bonds. The zero-order valence-electron chi connectivity index (χ0n) is 6.54. The zero-order chi connectivity index (χ0) is 8.39. The molecule has 0 bridgehead atoms. The van der Waals surface area contributed by atoms with E-state index in [9.17, 15) is 4.79 Å². The molecular weight excluding hydrogens is 152 g/mol. The number of carbonyl (C=O) groups excluding carboxylic acids is 1. The van der Waals surface area contributed by atoms with E-state index in [1.807, 2.05) is 24.3 Å². The van der Waals surface area contributed by atoms with E-state index in [0.29, 0.717) is 12.4 Å². The van der Waals surface area contributed by atoms with E-state index in [-0.39, 0.29) is 0 Å². The molecule has 0 N–H and O–H groups in total. The molecule has 0 fully saturated rings. The van der Waals surface area contributed by atoms with Gasteiger partial charge >= 0.3 is 0 Å². The molecule has 0 aromatic heterocycles. The Bertz CT molecular complexity index is 349. The SMILES string of the molecule is O=C=C1OCCc2ccccc21. The average molecular weight is 160 g/mol. The van der Waals surface area contributed by atoms with Gasteiger partial charge in [0.25, 0.3) is 0 Å². The normalized spacial score (nSPS) is 14.5. The van der Waals surface area contributed by atoms with Gasteiger partial charge in [-0.2, -0.15) is 0 Å². The second-order valence-electron chi connectivity index (χ2n) is 2.69. The molecule has 0 atom stereocenters. The van der Waals surface area contributed by atoms with Crippen molar-refractivity contribution >= 4 is 11.7 Å². The van der Waals surface area contributed by atoms with Crippen LogP contribution in [0.3, 0.4) is 0 Å². The minimum Gasteiger partial charge on any atom is -0.483 e. The largest absolute Gasteiger partial charge is 0.483 e. The zero-order valence-corrected chi connectivity index (χ0v) is 6.54. The van der Waals surface area contributed by atoms with Crippen LogP contribution in [0.25, 0.3) is 5.76 Å². The topological polar surface area (TPSA) is 26.3 Å². The quantitative estimate of drug-likeness (QED) is 0.537. The van der Waals surface area contributed by atoms with Crippen LogP contribution in [0.4, 0.5) is 0 Å². The van der Waals surface area contributed by atoms with Crippen molar-refractivity contribution in [1.82, 2.24) is 0 Å². The summed E-state index contributed by atoms with van der Waals surface area (Å²) in [5.74, 6) is 2.15. The Labute approximate surface area is 70.5 Å². The van der Waals surface area contributed by atoms with Gasteiger partial charge in [0.2, 0.25) is 5.76 Å². The summed E-state index contributed by atoms with van der Waals surface area (Å²) >= 11 is 0. The number of fused-ring (bicyclic) bond motifs is 1. The minimum atomic E-state index is 0.344. The first-order valence-electron chi connectivity index (χ1n) is 3.88. The van der Waals surface area contributed by atoms with Crippen molar-refractivity contribution in [1.29, 1.82) is 0 Å². The fourth-order valence-electron chi connectivity index (χ4n) is 1.39. The van der Waals surface area contributed by atoms with Gasteiger partial charge in [-0.3, -0.25) is 0 Å². The third kappa shape index (κ3) is 1.03. The van der Waals surface area contributed by atoms with Gasteiger partial charge in [-0.05, 0) is 5.56 Å². The van der Waals surface area contributed by atoms with E-state index < -0.39 is 0 Å². The lowest BCUT2D eigenvalue weighted by molar-refractivity contribution is 0.272. The second kappa shape index (κ2) is 2.84. The predicted molar refractivity (Wildman–Crippen MR) is 45.2 cm³/mol. The van der Waals surface area contributed by atoms with Crippen molar-refractivity contribution in [2.45, 2.75) is 6.42 Å². The Kier molecular flexibility index (Phi) is 1.69. The van der Waals surface area contributed by atoms with Crippen molar-refractivity contribution in [2.24, 2.45) is 0 Å². The molecule has 0 aliphatic carbocycles. The molecule has 0 saturated heterocycles. The van der Waals surface area contributed by atoms with Crippen molar-refractivity contribution in [3.63, 3.8) is 0 Å². The van der Waals surface area contributed by atoms with E-state index in [1.54, 1.807) is 5.94 Å². The molecule has 1 aliphatic rings. The smallest absolute Gasteiger partial charge is 0.211 e. The fraction of sp³-hybridized carbons (Fsp3) is 0.200. The Morgan fingerprint density at radius 3 is 3.00 bits per heavy atom. The van der Waals surface area contributed by atoms with Crippen LogP contribution in [-0.4, -0.2) is 12.5 Å². The van der Waals surface area contributed by atoms with Crippen LogP contribution in [0.15, 0.2) is 24.3 Å². The predicted octanol–water partition coefficient (Wildman–Crippen LogP) is 1.43. The Morgan fingerprint density at radius 1 is 1.33 bits per heavy atom. The minimum absolute atomic E-state index is 0.344. The molecule has 1 aromatic carbocycles. The van der Waals surface area contributed by atoms with Gasteiger partial charge in [-0.1, -0.05) is 24.3 Å². The van der Waals surface area contributed by atoms with Gasteiger partial charge < -0.3 is 4.74 Å². The van der Waals surface area contributed by atoms with Crippen molar-refractivity contribution in [3.8, 4) is 0 Å². The summed E-state index contributed by atoms with van der Waals surface area (Å²) in [7, 11) is 0. The maximum absolute atomic E-state index is 10.4. The molecular formula is C10H8O2. The average Bonchev–Trinajstić information content (AvgIpc) is 2.17. The van der Waals surface area contributed by atoms with Crippen molar-refractivity contribution < 1.29 is 9.53 Å². The highest BCUT2D eigenvalue weighted by atomic mass is 16.5. The third-order valence-electron chi connectivity index (χ3n) is 1.97. The van der Waals surface area contributed by atoms with E-state index in [1.165, 1.54) is 5.56 Å². The highest BCUT2D eigenvalue weighted by Crippen LogP contribution is 2.23. The van der Waals surface area contributed by atoms with E-state index in [0.717, 1.165) is 12.0 Å². The highest BCUT2D eigenvalue weighted by Gasteiger charge is 2.14. The molecule has 0 spiro atoms. The molecule has 1 heterocycles. The summed E-state index contributed by atoms with van der Waals surface area (Å²) in [5, 5.41) is 0. The molecule has 1 aromatic rings. The lowest BCUT2D eigenvalue weighted by atomic mass is 10.0. The number of ether oxygens (including phenoxy) is 1. The standard InChI is InChI=1S/C10H8O2/c11-7-10-9-4-2-1-3-8(9)5-6-12-10/h1-4H,5-6H2. The maximum Gasteiger partial charge on any atom is 0.211 e. The van der Waals surface area contributed by atoms with Crippen LogP contribution in [0, 0.1) is 0 Å². The monoisotopic (exact) mass is 160 g/mol. The van der Waals surface area contributed by atoms with E-state index in [4.69, 9.17) is 4.74 Å².